The first-order chi connectivity index (χ1) is 15.5. The molecule has 0 spiro atoms. The molecule has 0 saturated heterocycles. The molecular weight excluding hydrogens is 510 g/mol. The first-order valence-corrected chi connectivity index (χ1v) is 12.3. The SMILES string of the molecule is CSc1ccc(C2c3c(oc4ccc(Br)cc4c3=O)C(=O)N2Cc2ccccc2Cl)cc1. The Morgan fingerprint density at radius 2 is 1.81 bits per heavy atom. The summed E-state index contributed by atoms with van der Waals surface area (Å²) in [5.74, 6) is -0.225. The second-order valence-electron chi connectivity index (χ2n) is 7.51. The second-order valence-corrected chi connectivity index (χ2v) is 9.72. The van der Waals surface area contributed by atoms with E-state index in [1.807, 2.05) is 48.7 Å². The molecule has 7 heteroatoms. The topological polar surface area (TPSA) is 50.5 Å². The molecule has 0 radical (unpaired) electrons. The van der Waals surface area contributed by atoms with Gasteiger partial charge in [-0.2, -0.15) is 0 Å². The van der Waals surface area contributed by atoms with Crippen LogP contribution in [0.1, 0.15) is 33.3 Å². The van der Waals surface area contributed by atoms with Crippen LogP contribution in [0.3, 0.4) is 0 Å². The lowest BCUT2D eigenvalue weighted by Crippen LogP contribution is -2.29. The fraction of sp³-hybridized carbons (Fsp3) is 0.120. The van der Waals surface area contributed by atoms with Crippen molar-refractivity contribution in [1.82, 2.24) is 4.90 Å². The third kappa shape index (κ3) is 3.56. The van der Waals surface area contributed by atoms with Crippen LogP contribution in [0.15, 0.2) is 85.3 Å². The highest BCUT2D eigenvalue weighted by Gasteiger charge is 2.42. The number of fused-ring (bicyclic) bond motifs is 2. The average molecular weight is 527 g/mol. The summed E-state index contributed by atoms with van der Waals surface area (Å²) in [5.41, 5.74) is 2.21. The molecule has 3 aromatic carbocycles. The number of hydrogen-bond donors (Lipinski definition) is 0. The van der Waals surface area contributed by atoms with Crippen LogP contribution in [0.25, 0.3) is 11.0 Å². The molecule has 4 nitrogen and oxygen atoms in total. The highest BCUT2D eigenvalue weighted by atomic mass is 79.9. The van der Waals surface area contributed by atoms with Gasteiger partial charge < -0.3 is 9.32 Å². The molecule has 32 heavy (non-hydrogen) atoms. The van der Waals surface area contributed by atoms with Crippen molar-refractivity contribution in [2.24, 2.45) is 0 Å². The van der Waals surface area contributed by atoms with Gasteiger partial charge in [0.1, 0.15) is 5.58 Å². The van der Waals surface area contributed by atoms with Gasteiger partial charge in [-0.15, -0.1) is 11.8 Å². The van der Waals surface area contributed by atoms with Gasteiger partial charge >= 0.3 is 0 Å². The molecule has 0 aliphatic carbocycles. The summed E-state index contributed by atoms with van der Waals surface area (Å²) >= 11 is 11.5. The van der Waals surface area contributed by atoms with Crippen molar-refractivity contribution < 1.29 is 9.21 Å². The predicted molar refractivity (Wildman–Crippen MR) is 132 cm³/mol. The van der Waals surface area contributed by atoms with Gasteiger partial charge in [0, 0.05) is 20.9 Å². The van der Waals surface area contributed by atoms with Crippen molar-refractivity contribution in [3.8, 4) is 0 Å². The molecule has 2 heterocycles. The van der Waals surface area contributed by atoms with Crippen LogP contribution >= 0.6 is 39.3 Å². The smallest absolute Gasteiger partial charge is 0.291 e. The van der Waals surface area contributed by atoms with Gasteiger partial charge in [0.25, 0.3) is 5.91 Å². The largest absolute Gasteiger partial charge is 0.450 e. The van der Waals surface area contributed by atoms with Gasteiger partial charge in [0.05, 0.1) is 17.0 Å². The Labute approximate surface area is 202 Å². The maximum absolute atomic E-state index is 13.6. The maximum Gasteiger partial charge on any atom is 0.291 e. The van der Waals surface area contributed by atoms with Crippen LogP contribution < -0.4 is 5.43 Å². The van der Waals surface area contributed by atoms with Gasteiger partial charge in [-0.3, -0.25) is 9.59 Å². The Bertz CT molecular complexity index is 1420. The molecule has 4 aromatic rings. The van der Waals surface area contributed by atoms with E-state index in [1.54, 1.807) is 40.9 Å². The molecule has 1 aliphatic rings. The van der Waals surface area contributed by atoms with Crippen molar-refractivity contribution in [3.05, 3.63) is 109 Å². The van der Waals surface area contributed by atoms with Crippen LogP contribution in [0, 0.1) is 0 Å². The number of nitrogens with zero attached hydrogens (tertiary/aromatic N) is 1. The molecule has 5 rings (SSSR count). The van der Waals surface area contributed by atoms with E-state index in [0.717, 1.165) is 20.5 Å². The summed E-state index contributed by atoms with van der Waals surface area (Å²) in [6, 6.07) is 20.0. The van der Waals surface area contributed by atoms with Gasteiger partial charge in [-0.1, -0.05) is 57.9 Å². The minimum absolute atomic E-state index is 0.0934. The minimum atomic E-state index is -0.565. The molecule has 1 amide bonds. The molecule has 1 unspecified atom stereocenters. The molecule has 1 aromatic heterocycles. The number of thioether (sulfide) groups is 1. The first kappa shape index (κ1) is 21.3. The summed E-state index contributed by atoms with van der Waals surface area (Å²) in [7, 11) is 0. The molecule has 1 atom stereocenters. The van der Waals surface area contributed by atoms with Crippen molar-refractivity contribution in [1.29, 1.82) is 0 Å². The average Bonchev–Trinajstić information content (AvgIpc) is 3.08. The Hall–Kier alpha value is -2.54. The third-order valence-electron chi connectivity index (χ3n) is 5.66. The van der Waals surface area contributed by atoms with Crippen LogP contribution in [0.5, 0.6) is 0 Å². The van der Waals surface area contributed by atoms with E-state index in [-0.39, 0.29) is 23.6 Å². The molecule has 160 valence electrons. The summed E-state index contributed by atoms with van der Waals surface area (Å²) < 4.78 is 6.77. The van der Waals surface area contributed by atoms with Crippen LogP contribution in [0.2, 0.25) is 5.02 Å². The number of carbonyl (C=O) groups excluding carboxylic acids is 1. The van der Waals surface area contributed by atoms with Gasteiger partial charge in [-0.05, 0) is 53.8 Å². The molecule has 0 bridgehead atoms. The van der Waals surface area contributed by atoms with Crippen LogP contribution in [-0.4, -0.2) is 17.1 Å². The summed E-state index contributed by atoms with van der Waals surface area (Å²) in [5, 5.41) is 1.01. The highest BCUT2D eigenvalue weighted by Crippen LogP contribution is 2.40. The molecule has 1 aliphatic heterocycles. The first-order valence-electron chi connectivity index (χ1n) is 9.92. The Kier molecular flexibility index (Phi) is 5.61. The lowest BCUT2D eigenvalue weighted by molar-refractivity contribution is 0.0714. The maximum atomic E-state index is 13.6. The van der Waals surface area contributed by atoms with E-state index >= 15 is 0 Å². The molecule has 0 fully saturated rings. The van der Waals surface area contributed by atoms with Crippen molar-refractivity contribution in [3.63, 3.8) is 0 Å². The fourth-order valence-electron chi connectivity index (χ4n) is 4.10. The minimum Gasteiger partial charge on any atom is -0.450 e. The van der Waals surface area contributed by atoms with Gasteiger partial charge in [0.15, 0.2) is 5.43 Å². The van der Waals surface area contributed by atoms with E-state index in [1.165, 1.54) is 0 Å². The lowest BCUT2D eigenvalue weighted by atomic mass is 9.98. The number of halogens is 2. The van der Waals surface area contributed by atoms with Crippen molar-refractivity contribution in [2.45, 2.75) is 17.5 Å². The third-order valence-corrected chi connectivity index (χ3v) is 7.26. The Morgan fingerprint density at radius 1 is 1.06 bits per heavy atom. The van der Waals surface area contributed by atoms with E-state index in [0.29, 0.717) is 21.6 Å². The number of rotatable bonds is 4. The standard InChI is InChI=1S/C25H17BrClNO3S/c1-32-17-9-6-14(7-10-17)22-21-23(29)18-12-16(26)8-11-20(18)31-24(21)25(30)28(22)13-15-4-2-3-5-19(15)27/h2-12,22H,13H2,1H3. The monoisotopic (exact) mass is 525 g/mol. The molecule has 0 N–H and O–H groups in total. The van der Waals surface area contributed by atoms with E-state index < -0.39 is 6.04 Å². The number of carbonyl (C=O) groups is 1. The van der Waals surface area contributed by atoms with Crippen LogP contribution in [0.4, 0.5) is 0 Å². The molecular formula is C25H17BrClNO3S. The normalized spacial score (nSPS) is 15.4. The number of hydrogen-bond acceptors (Lipinski definition) is 4. The predicted octanol–water partition coefficient (Wildman–Crippen LogP) is 6.68. The second kappa shape index (κ2) is 8.43. The summed E-state index contributed by atoms with van der Waals surface area (Å²) in [6.45, 7) is 0.261. The zero-order valence-electron chi connectivity index (χ0n) is 17.0. The van der Waals surface area contributed by atoms with E-state index in [2.05, 4.69) is 15.9 Å². The van der Waals surface area contributed by atoms with E-state index in [4.69, 9.17) is 16.0 Å². The van der Waals surface area contributed by atoms with Crippen molar-refractivity contribution in [2.75, 3.05) is 6.26 Å². The zero-order valence-corrected chi connectivity index (χ0v) is 20.1. The van der Waals surface area contributed by atoms with Gasteiger partial charge in [0.2, 0.25) is 5.76 Å². The fourth-order valence-corrected chi connectivity index (χ4v) is 5.06. The highest BCUT2D eigenvalue weighted by molar-refractivity contribution is 9.10. The lowest BCUT2D eigenvalue weighted by Gasteiger charge is -2.25. The zero-order chi connectivity index (χ0) is 22.4. The Balaban J connectivity index is 1.73. The van der Waals surface area contributed by atoms with Crippen molar-refractivity contribution >= 4 is 56.2 Å². The molecule has 0 saturated carbocycles. The summed E-state index contributed by atoms with van der Waals surface area (Å²) in [4.78, 5) is 29.9. The Morgan fingerprint density at radius 3 is 2.53 bits per heavy atom. The quantitative estimate of drug-likeness (QED) is 0.279. The summed E-state index contributed by atoms with van der Waals surface area (Å²) in [6.07, 6.45) is 2.01. The number of benzene rings is 3. The van der Waals surface area contributed by atoms with Crippen LogP contribution in [-0.2, 0) is 6.54 Å². The van der Waals surface area contributed by atoms with Gasteiger partial charge in [-0.25, -0.2) is 0 Å². The number of amides is 1. The van der Waals surface area contributed by atoms with E-state index in [9.17, 15) is 9.59 Å².